The number of benzene rings is 1. The van der Waals surface area contributed by atoms with Gasteiger partial charge in [0.15, 0.2) is 0 Å². The molecule has 0 radical (unpaired) electrons. The van der Waals surface area contributed by atoms with Gasteiger partial charge in [-0.1, -0.05) is 44.2 Å². The molecule has 2 heterocycles. The van der Waals surface area contributed by atoms with Crippen molar-refractivity contribution in [3.8, 4) is 0 Å². The van der Waals surface area contributed by atoms with Crippen molar-refractivity contribution >= 4 is 41.5 Å². The van der Waals surface area contributed by atoms with Gasteiger partial charge in [-0.3, -0.25) is 24.1 Å². The van der Waals surface area contributed by atoms with E-state index in [0.717, 1.165) is 5.56 Å². The van der Waals surface area contributed by atoms with Gasteiger partial charge in [-0.25, -0.2) is 4.79 Å². The van der Waals surface area contributed by atoms with Crippen molar-refractivity contribution in [1.29, 1.82) is 0 Å². The van der Waals surface area contributed by atoms with Gasteiger partial charge >= 0.3 is 12.1 Å². The Hall–Kier alpha value is -3.28. The van der Waals surface area contributed by atoms with Crippen LogP contribution in [-0.2, 0) is 23.9 Å². The second-order valence-electron chi connectivity index (χ2n) is 12.7. The molecule has 4 amide bonds. The van der Waals surface area contributed by atoms with Crippen molar-refractivity contribution in [2.75, 3.05) is 12.8 Å². The summed E-state index contributed by atoms with van der Waals surface area (Å²) in [5, 5.41) is 14.9. The molecule has 5 atom stereocenters. The summed E-state index contributed by atoms with van der Waals surface area (Å²) in [6.07, 6.45) is 0.392. The van der Waals surface area contributed by atoms with E-state index in [9.17, 15) is 29.1 Å². The lowest BCUT2D eigenvalue weighted by molar-refractivity contribution is -0.144. The van der Waals surface area contributed by atoms with Crippen LogP contribution in [0.4, 0.5) is 4.79 Å². The summed E-state index contributed by atoms with van der Waals surface area (Å²) >= 11 is 1.58. The van der Waals surface area contributed by atoms with Crippen LogP contribution in [0, 0.1) is 5.41 Å². The lowest BCUT2D eigenvalue weighted by atomic mass is 9.83. The second kappa shape index (κ2) is 13.4. The Kier molecular flexibility index (Phi) is 10.6. The summed E-state index contributed by atoms with van der Waals surface area (Å²) in [6.45, 7) is 10.7. The Bertz CT molecular complexity index is 1170. The first kappa shape index (κ1) is 33.2. The van der Waals surface area contributed by atoms with Crippen molar-refractivity contribution in [1.82, 2.24) is 20.4 Å². The van der Waals surface area contributed by atoms with Gasteiger partial charge in [0.2, 0.25) is 17.7 Å². The highest BCUT2D eigenvalue weighted by molar-refractivity contribution is 7.99. The molecule has 2 unspecified atom stereocenters. The number of aliphatic carboxylic acids is 1. The van der Waals surface area contributed by atoms with E-state index in [1.54, 1.807) is 44.4 Å². The normalized spacial score (nSPS) is 23.2. The molecule has 0 aliphatic carbocycles. The van der Waals surface area contributed by atoms with Crippen LogP contribution in [0.5, 0.6) is 0 Å². The Morgan fingerprint density at radius 2 is 1.83 bits per heavy atom. The zero-order valence-electron chi connectivity index (χ0n) is 25.5. The number of carbonyl (C=O) groups is 5. The number of carboxylic acid groups (broad SMARTS) is 1. The van der Waals surface area contributed by atoms with Gasteiger partial charge in [0.25, 0.3) is 0 Å². The second-order valence-corrected chi connectivity index (χ2v) is 14.0. The number of ether oxygens (including phenoxy) is 1. The molecule has 2 saturated heterocycles. The first-order valence-corrected chi connectivity index (χ1v) is 15.3. The Morgan fingerprint density at radius 3 is 2.43 bits per heavy atom. The standard InChI is InChI=1S/C30H44N4O7S/c1-18(33(7)28(40)41-29(2,3)4)25(37)32-21-15-16-42-22-17-30(5,6)24(34(22)27(21)39)26(38)31-20(13-14-23(35)36)19-11-9-8-10-12-19/h8-12,18,20-22,24H,13-17H2,1-7H3,(H,31,38)(H,32,37)(H,35,36)/t18?,20?,21-,22-,24+/m0/s1. The number of fused-ring (bicyclic) bond motifs is 1. The van der Waals surface area contributed by atoms with E-state index in [0.29, 0.717) is 18.6 Å². The highest BCUT2D eigenvalue weighted by Crippen LogP contribution is 2.46. The molecule has 1 aromatic carbocycles. The third-order valence-electron chi connectivity index (χ3n) is 7.67. The quantitative estimate of drug-likeness (QED) is 0.388. The molecule has 42 heavy (non-hydrogen) atoms. The van der Waals surface area contributed by atoms with Crippen molar-refractivity contribution < 1.29 is 33.8 Å². The highest BCUT2D eigenvalue weighted by atomic mass is 32.2. The summed E-state index contributed by atoms with van der Waals surface area (Å²) < 4.78 is 5.37. The molecule has 2 aliphatic heterocycles. The van der Waals surface area contributed by atoms with E-state index < -0.39 is 53.2 Å². The Labute approximate surface area is 252 Å². The van der Waals surface area contributed by atoms with Gasteiger partial charge < -0.3 is 25.4 Å². The number of hydrogen-bond donors (Lipinski definition) is 3. The molecule has 12 heteroatoms. The van der Waals surface area contributed by atoms with Crippen LogP contribution in [0.15, 0.2) is 30.3 Å². The molecular weight excluding hydrogens is 560 g/mol. The van der Waals surface area contributed by atoms with E-state index in [2.05, 4.69) is 10.6 Å². The summed E-state index contributed by atoms with van der Waals surface area (Å²) in [7, 11) is 1.47. The molecule has 2 aliphatic rings. The lowest BCUT2D eigenvalue weighted by Gasteiger charge is -2.35. The summed E-state index contributed by atoms with van der Waals surface area (Å²) in [5.41, 5.74) is -0.512. The van der Waals surface area contributed by atoms with E-state index in [-0.39, 0.29) is 30.0 Å². The van der Waals surface area contributed by atoms with Crippen molar-refractivity contribution in [2.24, 2.45) is 5.41 Å². The maximum absolute atomic E-state index is 14.0. The molecule has 0 saturated carbocycles. The molecule has 2 fully saturated rings. The van der Waals surface area contributed by atoms with Crippen LogP contribution in [0.2, 0.25) is 0 Å². The van der Waals surface area contributed by atoms with Crippen molar-refractivity contribution in [2.45, 2.75) is 102 Å². The van der Waals surface area contributed by atoms with Gasteiger partial charge in [-0.2, -0.15) is 0 Å². The first-order chi connectivity index (χ1) is 19.5. The Morgan fingerprint density at radius 1 is 1.19 bits per heavy atom. The van der Waals surface area contributed by atoms with Crippen LogP contribution in [0.3, 0.4) is 0 Å². The number of amides is 4. The molecule has 11 nitrogen and oxygen atoms in total. The van der Waals surface area contributed by atoms with E-state index in [4.69, 9.17) is 4.74 Å². The zero-order chi connectivity index (χ0) is 31.4. The smallest absolute Gasteiger partial charge is 0.410 e. The van der Waals surface area contributed by atoms with Crippen molar-refractivity contribution in [3.05, 3.63) is 35.9 Å². The number of rotatable bonds is 9. The van der Waals surface area contributed by atoms with Gasteiger partial charge in [0.1, 0.15) is 23.7 Å². The minimum atomic E-state index is -0.962. The summed E-state index contributed by atoms with van der Waals surface area (Å²) in [5.74, 6) is -1.57. The predicted octanol–water partition coefficient (Wildman–Crippen LogP) is 3.54. The van der Waals surface area contributed by atoms with E-state index in [1.807, 2.05) is 44.2 Å². The number of thioether (sulfide) groups is 1. The Balaban J connectivity index is 1.79. The fourth-order valence-corrected chi connectivity index (χ4v) is 6.92. The van der Waals surface area contributed by atoms with Gasteiger partial charge in [0.05, 0.1) is 11.4 Å². The molecular formula is C30H44N4O7S. The first-order valence-electron chi connectivity index (χ1n) is 14.3. The maximum Gasteiger partial charge on any atom is 0.410 e. The monoisotopic (exact) mass is 604 g/mol. The average Bonchev–Trinajstić information content (AvgIpc) is 3.09. The topological polar surface area (TPSA) is 145 Å². The average molecular weight is 605 g/mol. The van der Waals surface area contributed by atoms with Crippen LogP contribution in [0.1, 0.15) is 78.8 Å². The highest BCUT2D eigenvalue weighted by Gasteiger charge is 2.54. The number of carboxylic acids is 1. The number of likely N-dealkylation sites (N-methyl/N-ethyl adjacent to an activating group) is 1. The van der Waals surface area contributed by atoms with E-state index in [1.165, 1.54) is 11.9 Å². The lowest BCUT2D eigenvalue weighted by Crippen LogP contribution is -2.58. The van der Waals surface area contributed by atoms with E-state index >= 15 is 0 Å². The van der Waals surface area contributed by atoms with Crippen LogP contribution in [0.25, 0.3) is 0 Å². The minimum absolute atomic E-state index is 0.126. The summed E-state index contributed by atoms with van der Waals surface area (Å²) in [4.78, 5) is 67.7. The molecule has 0 aromatic heterocycles. The zero-order valence-corrected chi connectivity index (χ0v) is 26.3. The third kappa shape index (κ3) is 8.17. The minimum Gasteiger partial charge on any atom is -0.481 e. The predicted molar refractivity (Wildman–Crippen MR) is 159 cm³/mol. The van der Waals surface area contributed by atoms with Gasteiger partial charge in [-0.05, 0) is 63.7 Å². The number of hydrogen-bond acceptors (Lipinski definition) is 7. The molecule has 232 valence electrons. The van der Waals surface area contributed by atoms with Gasteiger partial charge in [-0.15, -0.1) is 11.8 Å². The maximum atomic E-state index is 14.0. The molecule has 1 aromatic rings. The molecule has 0 bridgehead atoms. The number of nitrogens with one attached hydrogen (secondary N) is 2. The third-order valence-corrected chi connectivity index (χ3v) is 8.92. The molecule has 3 rings (SSSR count). The SMILES string of the molecule is CC(C(=O)N[C@H]1CCS[C@H]2CC(C)(C)[C@@H](C(=O)NC(CCC(=O)O)c3ccccc3)N2C1=O)N(C)C(=O)OC(C)(C)C. The molecule has 0 spiro atoms. The van der Waals surface area contributed by atoms with Crippen molar-refractivity contribution in [3.63, 3.8) is 0 Å². The van der Waals surface area contributed by atoms with Crippen LogP contribution in [-0.4, -0.2) is 86.6 Å². The number of nitrogens with zero attached hydrogens (tertiary/aromatic N) is 2. The number of carbonyl (C=O) groups excluding carboxylic acids is 4. The fraction of sp³-hybridized carbons (Fsp3) is 0.633. The van der Waals surface area contributed by atoms with Gasteiger partial charge in [0, 0.05) is 13.5 Å². The largest absolute Gasteiger partial charge is 0.481 e. The fourth-order valence-electron chi connectivity index (χ4n) is 5.34. The van der Waals surface area contributed by atoms with Crippen LogP contribution >= 0.6 is 11.8 Å². The molecule has 3 N–H and O–H groups in total. The van der Waals surface area contributed by atoms with Crippen LogP contribution < -0.4 is 10.6 Å². The summed E-state index contributed by atoms with van der Waals surface area (Å²) in [6, 6.07) is 6.05.